The van der Waals surface area contributed by atoms with E-state index in [4.69, 9.17) is 16.8 Å². The van der Waals surface area contributed by atoms with E-state index >= 15 is 0 Å². The van der Waals surface area contributed by atoms with Gasteiger partial charge < -0.3 is 0 Å². The summed E-state index contributed by atoms with van der Waals surface area (Å²) < 4.78 is 2.31. The van der Waals surface area contributed by atoms with Gasteiger partial charge in [-0.1, -0.05) is 151 Å². The molecular weight excluding hydrogens is 632 g/mol. The van der Waals surface area contributed by atoms with Crippen LogP contribution in [0.4, 0.5) is 0 Å². The van der Waals surface area contributed by atoms with Crippen LogP contribution in [0.15, 0.2) is 176 Å². The third-order valence-corrected chi connectivity index (χ3v) is 15.0. The zero-order chi connectivity index (χ0) is 32.5. The highest BCUT2D eigenvalue weighted by molar-refractivity contribution is 8.25. The number of rotatable bonds is 4. The van der Waals surface area contributed by atoms with Crippen LogP contribution in [0.3, 0.4) is 0 Å². The third-order valence-electron chi connectivity index (χ3n) is 10.0. The van der Waals surface area contributed by atoms with Gasteiger partial charge in [0.15, 0.2) is 0 Å². The quantitative estimate of drug-likeness (QED) is 0.138. The monoisotopic (exact) mass is 660 g/mol. The topological polar surface area (TPSA) is 17.3 Å². The van der Waals surface area contributed by atoms with Crippen molar-refractivity contribution in [2.45, 2.75) is 0 Å². The van der Waals surface area contributed by atoms with Crippen LogP contribution in [-0.2, 0) is 11.8 Å². The SMILES string of the molecule is S=P(c1ccccc1)(c1ccccc1)c1ccc2ccc3cccc(-c4ccc5c(c4)c4ccccc4n4c6ccccc6nc54)c3c2c1. The zero-order valence-electron chi connectivity index (χ0n) is 26.5. The fourth-order valence-electron chi connectivity index (χ4n) is 7.73. The van der Waals surface area contributed by atoms with Crippen LogP contribution in [-0.4, -0.2) is 9.38 Å². The molecule has 0 fully saturated rings. The van der Waals surface area contributed by atoms with Crippen LogP contribution >= 0.6 is 6.04 Å². The first-order chi connectivity index (χ1) is 24.2. The average Bonchev–Trinajstić information content (AvgIpc) is 3.58. The van der Waals surface area contributed by atoms with Gasteiger partial charge in [-0.25, -0.2) is 4.98 Å². The van der Waals surface area contributed by atoms with Crippen LogP contribution in [0.1, 0.15) is 0 Å². The van der Waals surface area contributed by atoms with Crippen molar-refractivity contribution in [2.24, 2.45) is 0 Å². The molecule has 0 atom stereocenters. The summed E-state index contributed by atoms with van der Waals surface area (Å²) in [6, 6.07) is 61.1. The van der Waals surface area contributed by atoms with Crippen molar-refractivity contribution in [3.05, 3.63) is 176 Å². The van der Waals surface area contributed by atoms with Gasteiger partial charge in [0.25, 0.3) is 0 Å². The van der Waals surface area contributed by atoms with Crippen molar-refractivity contribution in [1.29, 1.82) is 0 Å². The van der Waals surface area contributed by atoms with Crippen molar-refractivity contribution in [3.8, 4) is 11.1 Å². The molecule has 10 aromatic rings. The standard InChI is InChI=1S/C45H29N2PS/c49-48(33-13-3-1-4-14-33,34-15-5-2-6-16-34)35-26-24-30-22-23-31-12-11-18-36(44(31)39(30)29-35)32-25-27-38-40(28-32)37-17-7-9-20-42(37)47-43-21-10-8-19-41(43)46-45(38)47/h1-29H. The molecule has 0 saturated heterocycles. The van der Waals surface area contributed by atoms with Crippen molar-refractivity contribution >= 4 is 93.7 Å². The minimum atomic E-state index is -2.32. The Morgan fingerprint density at radius 2 is 1.12 bits per heavy atom. The van der Waals surface area contributed by atoms with Crippen molar-refractivity contribution in [1.82, 2.24) is 9.38 Å². The van der Waals surface area contributed by atoms with Gasteiger partial charge in [0.1, 0.15) is 5.65 Å². The second kappa shape index (κ2) is 11.0. The van der Waals surface area contributed by atoms with Crippen LogP contribution in [0.5, 0.6) is 0 Å². The molecule has 0 aliphatic heterocycles. The molecule has 49 heavy (non-hydrogen) atoms. The molecule has 0 spiro atoms. The maximum Gasteiger partial charge on any atom is 0.146 e. The first-order valence-electron chi connectivity index (χ1n) is 16.6. The van der Waals surface area contributed by atoms with E-state index in [1.807, 2.05) is 0 Å². The molecule has 2 aromatic heterocycles. The van der Waals surface area contributed by atoms with Crippen LogP contribution in [0.25, 0.3) is 71.0 Å². The fourth-order valence-corrected chi connectivity index (χ4v) is 11.5. The first-order valence-corrected chi connectivity index (χ1v) is 19.4. The molecule has 0 aliphatic carbocycles. The van der Waals surface area contributed by atoms with Crippen molar-refractivity contribution in [2.75, 3.05) is 0 Å². The summed E-state index contributed by atoms with van der Waals surface area (Å²) in [6.45, 7) is 0. The molecular formula is C45H29N2PS. The molecule has 0 amide bonds. The summed E-state index contributed by atoms with van der Waals surface area (Å²) >= 11 is 6.78. The molecule has 0 unspecified atom stereocenters. The van der Waals surface area contributed by atoms with Crippen LogP contribution in [0.2, 0.25) is 0 Å². The van der Waals surface area contributed by atoms with E-state index in [1.165, 1.54) is 59.4 Å². The van der Waals surface area contributed by atoms with Crippen LogP contribution < -0.4 is 15.9 Å². The number of pyridine rings is 1. The Balaban J connectivity index is 1.25. The number of fused-ring (bicyclic) bond motifs is 11. The lowest BCUT2D eigenvalue weighted by atomic mass is 9.92. The van der Waals surface area contributed by atoms with E-state index in [2.05, 4.69) is 180 Å². The maximum absolute atomic E-state index is 6.78. The maximum atomic E-state index is 6.78. The molecule has 230 valence electrons. The molecule has 0 bridgehead atoms. The number of para-hydroxylation sites is 3. The largest absolute Gasteiger partial charge is 0.292 e. The molecule has 0 aliphatic rings. The van der Waals surface area contributed by atoms with Gasteiger partial charge in [0.05, 0.1) is 16.6 Å². The van der Waals surface area contributed by atoms with Gasteiger partial charge in [-0.3, -0.25) is 4.40 Å². The average molecular weight is 661 g/mol. The van der Waals surface area contributed by atoms with E-state index in [0.717, 1.165) is 27.6 Å². The van der Waals surface area contributed by atoms with Crippen molar-refractivity contribution in [3.63, 3.8) is 0 Å². The summed E-state index contributed by atoms with van der Waals surface area (Å²) in [5.74, 6) is 0. The van der Waals surface area contributed by atoms with E-state index in [1.54, 1.807) is 0 Å². The minimum absolute atomic E-state index is 0.988. The second-order valence-corrected chi connectivity index (χ2v) is 17.1. The molecule has 2 heterocycles. The lowest BCUT2D eigenvalue weighted by Crippen LogP contribution is -2.24. The number of imidazole rings is 1. The van der Waals surface area contributed by atoms with E-state index < -0.39 is 6.04 Å². The summed E-state index contributed by atoms with van der Waals surface area (Å²) in [7, 11) is 0. The molecule has 10 rings (SSSR count). The Labute approximate surface area is 288 Å². The minimum Gasteiger partial charge on any atom is -0.292 e. The van der Waals surface area contributed by atoms with Gasteiger partial charge in [0.2, 0.25) is 0 Å². The zero-order valence-corrected chi connectivity index (χ0v) is 28.2. The highest BCUT2D eigenvalue weighted by atomic mass is 32.4. The summed E-state index contributed by atoms with van der Waals surface area (Å²) in [5.41, 5.74) is 6.69. The van der Waals surface area contributed by atoms with Crippen molar-refractivity contribution < 1.29 is 0 Å². The van der Waals surface area contributed by atoms with E-state index in [0.29, 0.717) is 0 Å². The van der Waals surface area contributed by atoms with Gasteiger partial charge in [-0.15, -0.1) is 0 Å². The number of hydrogen-bond donors (Lipinski definition) is 0. The van der Waals surface area contributed by atoms with E-state index in [-0.39, 0.29) is 0 Å². The highest BCUT2D eigenvalue weighted by Gasteiger charge is 2.25. The van der Waals surface area contributed by atoms with Gasteiger partial charge >= 0.3 is 0 Å². The predicted molar refractivity (Wildman–Crippen MR) is 214 cm³/mol. The van der Waals surface area contributed by atoms with Gasteiger partial charge in [-0.05, 0) is 90.4 Å². The molecule has 2 nitrogen and oxygen atoms in total. The summed E-state index contributed by atoms with van der Waals surface area (Å²) in [6.07, 6.45) is 0. The normalized spacial score (nSPS) is 12.2. The Bertz CT molecular complexity index is 2920. The molecule has 0 radical (unpaired) electrons. The fraction of sp³-hybridized carbons (Fsp3) is 0. The summed E-state index contributed by atoms with van der Waals surface area (Å²) in [5, 5.41) is 12.1. The lowest BCUT2D eigenvalue weighted by Gasteiger charge is -2.25. The second-order valence-electron chi connectivity index (χ2n) is 12.7. The molecule has 8 aromatic carbocycles. The van der Waals surface area contributed by atoms with Gasteiger partial charge in [0, 0.05) is 16.8 Å². The Hall–Kier alpha value is -5.60. The van der Waals surface area contributed by atoms with Gasteiger partial charge in [-0.2, -0.15) is 0 Å². The number of aromatic nitrogens is 2. The smallest absolute Gasteiger partial charge is 0.146 e. The third kappa shape index (κ3) is 4.26. The predicted octanol–water partition coefficient (Wildman–Crippen LogP) is 10.5. The highest BCUT2D eigenvalue weighted by Crippen LogP contribution is 2.45. The Morgan fingerprint density at radius 3 is 1.92 bits per heavy atom. The number of hydrogen-bond acceptors (Lipinski definition) is 2. The van der Waals surface area contributed by atoms with E-state index in [9.17, 15) is 0 Å². The molecule has 0 N–H and O–H groups in total. The Kier molecular flexibility index (Phi) is 6.36. The number of nitrogens with zero attached hydrogens (tertiary/aromatic N) is 2. The number of benzene rings is 8. The summed E-state index contributed by atoms with van der Waals surface area (Å²) in [4.78, 5) is 5.13. The molecule has 0 saturated carbocycles. The molecule has 4 heteroatoms. The Morgan fingerprint density at radius 1 is 0.449 bits per heavy atom. The lowest BCUT2D eigenvalue weighted by molar-refractivity contribution is 1.31. The van der Waals surface area contributed by atoms with Crippen LogP contribution in [0, 0.1) is 0 Å². The first kappa shape index (κ1) is 28.4.